The molecule has 2 amide bonds. The number of carbonyl (C=O) groups excluding carboxylic acids is 1. The molecule has 146 valence electrons. The van der Waals surface area contributed by atoms with E-state index in [4.69, 9.17) is 15.2 Å². The number of anilines is 1. The summed E-state index contributed by atoms with van der Waals surface area (Å²) < 4.78 is 10.8. The molecule has 1 aromatic heterocycles. The third kappa shape index (κ3) is 3.77. The lowest BCUT2D eigenvalue weighted by molar-refractivity contribution is 0.216. The van der Waals surface area contributed by atoms with Gasteiger partial charge in [-0.2, -0.15) is 0 Å². The summed E-state index contributed by atoms with van der Waals surface area (Å²) in [7, 11) is 7.24. The molecule has 8 heteroatoms. The van der Waals surface area contributed by atoms with Gasteiger partial charge < -0.3 is 30.3 Å². The zero-order valence-electron chi connectivity index (χ0n) is 16.3. The Balaban J connectivity index is 1.93. The highest BCUT2D eigenvalue weighted by Crippen LogP contribution is 2.36. The van der Waals surface area contributed by atoms with Gasteiger partial charge in [0.05, 0.1) is 31.8 Å². The molecule has 8 nitrogen and oxygen atoms in total. The Morgan fingerprint density at radius 1 is 1.30 bits per heavy atom. The number of fused-ring (bicyclic) bond motifs is 1. The zero-order chi connectivity index (χ0) is 19.6. The molecule has 2 aromatic rings. The topological polar surface area (TPSA) is 93.0 Å². The molecule has 2 heterocycles. The molecular weight excluding hydrogens is 346 g/mol. The Kier molecular flexibility index (Phi) is 5.67. The first-order chi connectivity index (χ1) is 13.0. The first-order valence-electron chi connectivity index (χ1n) is 8.94. The lowest BCUT2D eigenvalue weighted by Crippen LogP contribution is -2.36. The number of carbonyl (C=O) groups is 1. The summed E-state index contributed by atoms with van der Waals surface area (Å²) in [6.07, 6.45) is 2.62. The van der Waals surface area contributed by atoms with Crippen LogP contribution in [0.15, 0.2) is 18.3 Å². The van der Waals surface area contributed by atoms with Gasteiger partial charge in [0.1, 0.15) is 0 Å². The van der Waals surface area contributed by atoms with E-state index in [1.54, 1.807) is 20.4 Å². The molecule has 0 aliphatic carbocycles. The molecular formula is C19H27N5O3. The SMILES string of the molecule is COc1cc2c(NC(=O)N3CCC(N(C)C)C3)cnc(CN)c2cc1OC. The minimum Gasteiger partial charge on any atom is -0.493 e. The number of urea groups is 1. The molecule has 1 saturated heterocycles. The number of nitrogens with two attached hydrogens (primary N) is 1. The normalized spacial score (nSPS) is 16.8. The van der Waals surface area contributed by atoms with Crippen molar-refractivity contribution in [2.45, 2.75) is 19.0 Å². The molecule has 0 saturated carbocycles. The monoisotopic (exact) mass is 373 g/mol. The average molecular weight is 373 g/mol. The predicted octanol–water partition coefficient (Wildman–Crippen LogP) is 1.88. The van der Waals surface area contributed by atoms with E-state index in [9.17, 15) is 4.79 Å². The Morgan fingerprint density at radius 3 is 2.52 bits per heavy atom. The Morgan fingerprint density at radius 2 is 1.96 bits per heavy atom. The van der Waals surface area contributed by atoms with E-state index in [2.05, 4.69) is 15.2 Å². The molecule has 1 aliphatic heterocycles. The van der Waals surface area contributed by atoms with Crippen molar-refractivity contribution < 1.29 is 14.3 Å². The predicted molar refractivity (Wildman–Crippen MR) is 105 cm³/mol. The number of nitrogens with one attached hydrogen (secondary N) is 1. The van der Waals surface area contributed by atoms with Crippen molar-refractivity contribution in [2.75, 3.05) is 46.7 Å². The number of methoxy groups -OCH3 is 2. The van der Waals surface area contributed by atoms with E-state index < -0.39 is 0 Å². The molecule has 1 aliphatic rings. The number of ether oxygens (including phenoxy) is 2. The van der Waals surface area contributed by atoms with Crippen molar-refractivity contribution in [1.82, 2.24) is 14.8 Å². The smallest absolute Gasteiger partial charge is 0.321 e. The number of amides is 2. The van der Waals surface area contributed by atoms with E-state index in [-0.39, 0.29) is 12.6 Å². The second-order valence-electron chi connectivity index (χ2n) is 6.86. The number of likely N-dealkylation sites (N-methyl/N-ethyl adjacent to an activating group) is 1. The molecule has 0 bridgehead atoms. The molecule has 1 atom stereocenters. The van der Waals surface area contributed by atoms with Gasteiger partial charge in [-0.3, -0.25) is 4.98 Å². The van der Waals surface area contributed by atoms with Crippen molar-refractivity contribution in [2.24, 2.45) is 5.73 Å². The maximum absolute atomic E-state index is 12.7. The summed E-state index contributed by atoms with van der Waals surface area (Å²) in [5.74, 6) is 1.18. The minimum absolute atomic E-state index is 0.127. The fourth-order valence-electron chi connectivity index (χ4n) is 3.43. The van der Waals surface area contributed by atoms with Gasteiger partial charge in [-0.05, 0) is 32.6 Å². The molecule has 1 fully saturated rings. The highest BCUT2D eigenvalue weighted by Gasteiger charge is 2.28. The third-order valence-corrected chi connectivity index (χ3v) is 5.09. The second-order valence-corrected chi connectivity index (χ2v) is 6.86. The lowest BCUT2D eigenvalue weighted by atomic mass is 10.1. The molecule has 3 N–H and O–H groups in total. The second kappa shape index (κ2) is 7.98. The third-order valence-electron chi connectivity index (χ3n) is 5.09. The maximum atomic E-state index is 12.7. The first kappa shape index (κ1) is 19.2. The van der Waals surface area contributed by atoms with Gasteiger partial charge in [0.2, 0.25) is 0 Å². The minimum atomic E-state index is -0.127. The van der Waals surface area contributed by atoms with Crippen molar-refractivity contribution >= 4 is 22.5 Å². The van der Waals surface area contributed by atoms with Crippen molar-refractivity contribution in [3.63, 3.8) is 0 Å². The van der Waals surface area contributed by atoms with Gasteiger partial charge in [0.15, 0.2) is 11.5 Å². The summed E-state index contributed by atoms with van der Waals surface area (Å²) >= 11 is 0. The standard InChI is InChI=1S/C19H27N5O3/c1-23(2)12-5-6-24(11-12)19(25)22-16-10-21-15(9-20)13-7-17(26-3)18(27-4)8-14(13)16/h7-8,10,12H,5-6,9,11,20H2,1-4H3,(H,22,25). The first-order valence-corrected chi connectivity index (χ1v) is 8.94. The summed E-state index contributed by atoms with van der Waals surface area (Å²) in [5.41, 5.74) is 7.20. The van der Waals surface area contributed by atoms with Crippen LogP contribution in [0.3, 0.4) is 0 Å². The number of hydrogen-bond donors (Lipinski definition) is 2. The Bertz CT molecular complexity index is 840. The number of likely N-dealkylation sites (tertiary alicyclic amines) is 1. The van der Waals surface area contributed by atoms with E-state index in [0.717, 1.165) is 29.4 Å². The summed E-state index contributed by atoms with van der Waals surface area (Å²) in [6.45, 7) is 1.73. The van der Waals surface area contributed by atoms with Crippen LogP contribution in [-0.4, -0.2) is 68.3 Å². The number of aromatic nitrogens is 1. The fourth-order valence-corrected chi connectivity index (χ4v) is 3.43. The zero-order valence-corrected chi connectivity index (χ0v) is 16.3. The van der Waals surface area contributed by atoms with Crippen LogP contribution in [-0.2, 0) is 6.54 Å². The van der Waals surface area contributed by atoms with Gasteiger partial charge in [0, 0.05) is 36.4 Å². The number of pyridine rings is 1. The van der Waals surface area contributed by atoms with Crippen LogP contribution in [0.25, 0.3) is 10.8 Å². The average Bonchev–Trinajstić information content (AvgIpc) is 3.17. The van der Waals surface area contributed by atoms with Crippen LogP contribution >= 0.6 is 0 Å². The Labute approximate surface area is 159 Å². The van der Waals surface area contributed by atoms with Crippen LogP contribution in [0.1, 0.15) is 12.1 Å². The Hall–Kier alpha value is -2.58. The van der Waals surface area contributed by atoms with Gasteiger partial charge >= 0.3 is 6.03 Å². The highest BCUT2D eigenvalue weighted by molar-refractivity contribution is 6.03. The molecule has 0 spiro atoms. The number of nitrogens with zero attached hydrogens (tertiary/aromatic N) is 3. The van der Waals surface area contributed by atoms with Gasteiger partial charge in [-0.15, -0.1) is 0 Å². The molecule has 0 radical (unpaired) electrons. The number of rotatable bonds is 5. The van der Waals surface area contributed by atoms with E-state index >= 15 is 0 Å². The summed E-state index contributed by atoms with van der Waals surface area (Å²) in [6, 6.07) is 3.95. The van der Waals surface area contributed by atoms with Crippen LogP contribution in [0.4, 0.5) is 10.5 Å². The van der Waals surface area contributed by atoms with Crippen molar-refractivity contribution in [3.8, 4) is 11.5 Å². The van der Waals surface area contributed by atoms with Crippen molar-refractivity contribution in [1.29, 1.82) is 0 Å². The quantitative estimate of drug-likeness (QED) is 0.831. The van der Waals surface area contributed by atoms with E-state index in [1.807, 2.05) is 31.1 Å². The maximum Gasteiger partial charge on any atom is 0.321 e. The number of hydrogen-bond acceptors (Lipinski definition) is 6. The summed E-state index contributed by atoms with van der Waals surface area (Å²) in [4.78, 5) is 21.1. The number of benzene rings is 1. The van der Waals surface area contributed by atoms with Crippen LogP contribution in [0.2, 0.25) is 0 Å². The van der Waals surface area contributed by atoms with E-state index in [1.165, 1.54) is 0 Å². The van der Waals surface area contributed by atoms with Gasteiger partial charge in [0.25, 0.3) is 0 Å². The van der Waals surface area contributed by atoms with Crippen molar-refractivity contribution in [3.05, 3.63) is 24.0 Å². The molecule has 27 heavy (non-hydrogen) atoms. The molecule has 3 rings (SSSR count). The highest BCUT2D eigenvalue weighted by atomic mass is 16.5. The largest absolute Gasteiger partial charge is 0.493 e. The van der Waals surface area contributed by atoms with Crippen LogP contribution in [0, 0.1) is 0 Å². The van der Waals surface area contributed by atoms with Crippen LogP contribution < -0.4 is 20.5 Å². The van der Waals surface area contributed by atoms with Crippen LogP contribution in [0.5, 0.6) is 11.5 Å². The molecule has 1 aromatic carbocycles. The fraction of sp³-hybridized carbons (Fsp3) is 0.474. The van der Waals surface area contributed by atoms with E-state index in [0.29, 0.717) is 29.8 Å². The summed E-state index contributed by atoms with van der Waals surface area (Å²) in [5, 5.41) is 4.65. The van der Waals surface area contributed by atoms with Gasteiger partial charge in [-0.25, -0.2) is 4.79 Å². The lowest BCUT2D eigenvalue weighted by Gasteiger charge is -2.21. The molecule has 1 unspecified atom stereocenters. The van der Waals surface area contributed by atoms with Gasteiger partial charge in [-0.1, -0.05) is 0 Å².